The lowest BCUT2D eigenvalue weighted by molar-refractivity contribution is 0.405. The Morgan fingerprint density at radius 2 is 1.67 bits per heavy atom. The topological polar surface area (TPSA) is 17.3 Å². The molecule has 0 radical (unpaired) electrons. The van der Waals surface area contributed by atoms with Crippen LogP contribution in [0.4, 0.5) is 0 Å². The fourth-order valence-corrected chi connectivity index (χ4v) is 10.9. The molecule has 0 N–H and O–H groups in total. The first-order valence-corrected chi connectivity index (χ1v) is 21.0. The summed E-state index contributed by atoms with van der Waals surface area (Å²) in [6.45, 7) is 16.1. The Morgan fingerprint density at radius 1 is 0.877 bits per heavy atom. The molecule has 2 heteroatoms. The van der Waals surface area contributed by atoms with Gasteiger partial charge >= 0.3 is 0 Å². The molecule has 282 valence electrons. The maximum atomic E-state index is 5.34. The first-order chi connectivity index (χ1) is 27.7. The normalized spacial score (nSPS) is 21.8. The summed E-state index contributed by atoms with van der Waals surface area (Å²) in [6.07, 6.45) is 24.9. The molecule has 0 saturated heterocycles. The predicted molar refractivity (Wildman–Crippen MR) is 242 cm³/mol. The second-order valence-corrected chi connectivity index (χ2v) is 17.8. The number of benzene rings is 4. The average Bonchev–Trinajstić information content (AvgIpc) is 3.78. The van der Waals surface area contributed by atoms with E-state index in [4.69, 9.17) is 4.99 Å². The van der Waals surface area contributed by atoms with Crippen molar-refractivity contribution in [3.8, 4) is 5.69 Å². The second kappa shape index (κ2) is 13.4. The van der Waals surface area contributed by atoms with E-state index in [1.54, 1.807) is 11.1 Å². The molecule has 3 atom stereocenters. The van der Waals surface area contributed by atoms with Gasteiger partial charge in [0, 0.05) is 45.3 Å². The molecule has 0 spiro atoms. The van der Waals surface area contributed by atoms with E-state index >= 15 is 0 Å². The first kappa shape index (κ1) is 35.7. The fraction of sp³-hybridized carbons (Fsp3) is 0.255. The minimum Gasteiger partial charge on any atom is -0.313 e. The van der Waals surface area contributed by atoms with Gasteiger partial charge in [-0.3, -0.25) is 4.99 Å². The SMILES string of the molecule is C=C[C@H](/C=C(\N=C(C)c1ccc(-n2c3c(c4c5c(ccc42)C(C)(C)C2=CC=CC[C@@H]25)C=C2c4ccccc4C(C)(C)[C@@H]2C3)cc1)C1=CCCC=C1)c1ccccc1. The zero-order valence-electron chi connectivity index (χ0n) is 34.0. The van der Waals surface area contributed by atoms with Crippen LogP contribution in [0.25, 0.3) is 28.2 Å². The molecule has 57 heavy (non-hydrogen) atoms. The molecule has 0 saturated carbocycles. The van der Waals surface area contributed by atoms with Gasteiger partial charge in [-0.15, -0.1) is 6.58 Å². The van der Waals surface area contributed by atoms with Crippen molar-refractivity contribution in [2.75, 3.05) is 0 Å². The number of allylic oxidation sites excluding steroid dienone is 10. The predicted octanol–water partition coefficient (Wildman–Crippen LogP) is 13.8. The lowest BCUT2D eigenvalue weighted by Gasteiger charge is -2.32. The van der Waals surface area contributed by atoms with E-state index < -0.39 is 0 Å². The van der Waals surface area contributed by atoms with Gasteiger partial charge in [0.2, 0.25) is 0 Å². The van der Waals surface area contributed by atoms with E-state index in [0.717, 1.165) is 42.7 Å². The Balaban J connectivity index is 1.11. The van der Waals surface area contributed by atoms with Crippen LogP contribution in [0, 0.1) is 5.92 Å². The maximum Gasteiger partial charge on any atom is 0.0671 e. The molecule has 0 aliphatic heterocycles. The summed E-state index contributed by atoms with van der Waals surface area (Å²) in [5, 5.41) is 1.45. The summed E-state index contributed by atoms with van der Waals surface area (Å²) in [4.78, 5) is 5.34. The third kappa shape index (κ3) is 5.55. The van der Waals surface area contributed by atoms with Crippen LogP contribution in [0.5, 0.6) is 0 Å². The average molecular weight is 741 g/mol. The highest BCUT2D eigenvalue weighted by molar-refractivity contribution is 6.04. The standard InChI is InChI=1S/C55H52N2/c1-7-36(38-18-10-8-11-19-38)32-49(39-20-12-9-13-21-39)56-35(2)37-26-28-40(29-27-37)57-50-31-30-47-52(42-23-15-17-25-46(42)54(47,3)4)53(50)44-33-43-41-22-14-16-24-45(41)55(5,6)48(43)34-51(44)57/h7-8,10-12,14-22,24-33,36,42,48H,1,9,13,23,34H2,2-6H3/b49-32-,56-35?/t36-,42+,48-/m1/s1. The number of hydrogen-bond acceptors (Lipinski definition) is 1. The molecule has 5 aliphatic rings. The summed E-state index contributed by atoms with van der Waals surface area (Å²) in [5.74, 6) is 0.896. The van der Waals surface area contributed by atoms with Crippen LogP contribution in [-0.4, -0.2) is 10.3 Å². The number of rotatable bonds is 7. The van der Waals surface area contributed by atoms with Gasteiger partial charge in [0.05, 0.1) is 11.2 Å². The van der Waals surface area contributed by atoms with Crippen molar-refractivity contribution in [3.05, 3.63) is 208 Å². The summed E-state index contributed by atoms with van der Waals surface area (Å²) in [5.41, 5.74) is 20.0. The van der Waals surface area contributed by atoms with E-state index in [9.17, 15) is 0 Å². The van der Waals surface area contributed by atoms with Crippen LogP contribution in [-0.2, 0) is 17.3 Å². The van der Waals surface area contributed by atoms with Gasteiger partial charge in [0.15, 0.2) is 0 Å². The molecule has 4 aromatic carbocycles. The van der Waals surface area contributed by atoms with Crippen LogP contribution in [0.2, 0.25) is 0 Å². The van der Waals surface area contributed by atoms with E-state index in [2.05, 4.69) is 185 Å². The smallest absolute Gasteiger partial charge is 0.0671 e. The van der Waals surface area contributed by atoms with Crippen LogP contribution in [0.1, 0.15) is 110 Å². The molecule has 5 aromatic rings. The molecule has 10 rings (SSSR count). The Morgan fingerprint density at radius 3 is 2.44 bits per heavy atom. The molecular formula is C55H52N2. The van der Waals surface area contributed by atoms with Gasteiger partial charge in [-0.05, 0) is 119 Å². The molecule has 2 nitrogen and oxygen atoms in total. The molecular weight excluding hydrogens is 689 g/mol. The van der Waals surface area contributed by atoms with Crippen LogP contribution in [0.3, 0.4) is 0 Å². The Hall–Kier alpha value is -5.73. The second-order valence-electron chi connectivity index (χ2n) is 17.8. The highest BCUT2D eigenvalue weighted by atomic mass is 15.0. The van der Waals surface area contributed by atoms with Crippen LogP contribution >= 0.6 is 0 Å². The zero-order valence-corrected chi connectivity index (χ0v) is 34.0. The van der Waals surface area contributed by atoms with E-state index in [1.165, 1.54) is 61.2 Å². The van der Waals surface area contributed by atoms with Gasteiger partial charge < -0.3 is 4.57 Å². The lowest BCUT2D eigenvalue weighted by atomic mass is 9.73. The van der Waals surface area contributed by atoms with Gasteiger partial charge in [-0.1, -0.05) is 149 Å². The van der Waals surface area contributed by atoms with Crippen molar-refractivity contribution in [2.45, 2.75) is 83.0 Å². The highest BCUT2D eigenvalue weighted by Gasteiger charge is 2.47. The monoisotopic (exact) mass is 740 g/mol. The number of hydrogen-bond donors (Lipinski definition) is 0. The maximum absolute atomic E-state index is 5.34. The highest BCUT2D eigenvalue weighted by Crippen LogP contribution is 2.59. The molecule has 0 fully saturated rings. The van der Waals surface area contributed by atoms with Gasteiger partial charge in [0.1, 0.15) is 0 Å². The van der Waals surface area contributed by atoms with Crippen molar-refractivity contribution in [2.24, 2.45) is 10.9 Å². The van der Waals surface area contributed by atoms with Crippen LogP contribution in [0.15, 0.2) is 168 Å². The molecule has 0 amide bonds. The van der Waals surface area contributed by atoms with Gasteiger partial charge in [0.25, 0.3) is 0 Å². The Bertz CT molecular complexity index is 2690. The summed E-state index contributed by atoms with van der Waals surface area (Å²) in [6, 6.07) is 33.8. The lowest BCUT2D eigenvalue weighted by Crippen LogP contribution is -2.27. The Labute approximate surface area is 338 Å². The molecule has 5 aliphatic carbocycles. The van der Waals surface area contributed by atoms with Gasteiger partial charge in [-0.25, -0.2) is 0 Å². The molecule has 1 aromatic heterocycles. The fourth-order valence-electron chi connectivity index (χ4n) is 10.9. The van der Waals surface area contributed by atoms with Crippen molar-refractivity contribution in [3.63, 3.8) is 0 Å². The van der Waals surface area contributed by atoms with Crippen molar-refractivity contribution >= 4 is 28.3 Å². The van der Waals surface area contributed by atoms with E-state index in [-0.39, 0.29) is 16.7 Å². The summed E-state index contributed by atoms with van der Waals surface area (Å²) >= 11 is 0. The quantitative estimate of drug-likeness (QED) is 0.117. The van der Waals surface area contributed by atoms with E-state index in [1.807, 2.05) is 6.08 Å². The van der Waals surface area contributed by atoms with Crippen molar-refractivity contribution < 1.29 is 0 Å². The third-order valence-electron chi connectivity index (χ3n) is 14.0. The van der Waals surface area contributed by atoms with E-state index in [0.29, 0.717) is 11.8 Å². The number of aromatic nitrogens is 1. The molecule has 1 heterocycles. The Kier molecular flexibility index (Phi) is 8.41. The largest absolute Gasteiger partial charge is 0.313 e. The summed E-state index contributed by atoms with van der Waals surface area (Å²) in [7, 11) is 0. The van der Waals surface area contributed by atoms with Crippen molar-refractivity contribution in [1.82, 2.24) is 4.57 Å². The summed E-state index contributed by atoms with van der Waals surface area (Å²) < 4.78 is 2.61. The number of fused-ring (bicyclic) bond motifs is 10. The number of nitrogens with zero attached hydrogens (tertiary/aromatic N) is 2. The minimum atomic E-state index is 0.00227. The molecule has 0 unspecified atom stereocenters. The van der Waals surface area contributed by atoms with Crippen LogP contribution < -0.4 is 0 Å². The molecule has 0 bridgehead atoms. The first-order valence-electron chi connectivity index (χ1n) is 21.0. The minimum absolute atomic E-state index is 0.00227. The zero-order chi connectivity index (χ0) is 39.1. The van der Waals surface area contributed by atoms with Crippen molar-refractivity contribution in [1.29, 1.82) is 0 Å². The van der Waals surface area contributed by atoms with Gasteiger partial charge in [-0.2, -0.15) is 0 Å². The number of aliphatic imine (C=N–C) groups is 1. The third-order valence-corrected chi connectivity index (χ3v) is 14.0.